The number of ether oxygens (including phenoxy) is 1. The summed E-state index contributed by atoms with van der Waals surface area (Å²) < 4.78 is 5.81. The third kappa shape index (κ3) is 4.60. The number of rotatable bonds is 8. The van der Waals surface area contributed by atoms with E-state index in [4.69, 9.17) is 17.0 Å². The highest BCUT2D eigenvalue weighted by Crippen LogP contribution is 2.32. The lowest BCUT2D eigenvalue weighted by Crippen LogP contribution is -2.47. The maximum absolute atomic E-state index is 12.3. The first-order valence-electron chi connectivity index (χ1n) is 9.02. The van der Waals surface area contributed by atoms with Gasteiger partial charge in [-0.3, -0.25) is 4.79 Å². The van der Waals surface area contributed by atoms with Crippen LogP contribution < -0.4 is 10.1 Å². The minimum absolute atomic E-state index is 0.0657. The van der Waals surface area contributed by atoms with Gasteiger partial charge in [0.05, 0.1) is 12.6 Å². The number of Topliss-reactive ketones (excluding diaryl/α,β-unsaturated/α-hetero) is 1. The zero-order valence-corrected chi connectivity index (χ0v) is 16.4. The Morgan fingerprint density at radius 2 is 2.08 bits per heavy atom. The molecule has 4 nitrogen and oxygen atoms in total. The van der Waals surface area contributed by atoms with Crippen LogP contribution in [-0.2, 0) is 4.79 Å². The highest BCUT2D eigenvalue weighted by Gasteiger charge is 2.31. The molecule has 1 aromatic rings. The molecule has 1 atom stereocenters. The van der Waals surface area contributed by atoms with E-state index < -0.39 is 0 Å². The van der Waals surface area contributed by atoms with Crippen molar-refractivity contribution >= 4 is 23.1 Å². The van der Waals surface area contributed by atoms with Crippen molar-refractivity contribution in [3.63, 3.8) is 0 Å². The molecule has 1 aliphatic heterocycles. The van der Waals surface area contributed by atoms with Gasteiger partial charge in [-0.15, -0.1) is 0 Å². The minimum Gasteiger partial charge on any atom is -0.494 e. The van der Waals surface area contributed by atoms with Crippen molar-refractivity contribution in [3.05, 3.63) is 41.1 Å². The molecular formula is C20H28N2O2S. The molecule has 0 radical (unpaired) electrons. The van der Waals surface area contributed by atoms with Crippen LogP contribution in [0.5, 0.6) is 5.75 Å². The van der Waals surface area contributed by atoms with Gasteiger partial charge in [-0.2, -0.15) is 0 Å². The predicted molar refractivity (Wildman–Crippen MR) is 106 cm³/mol. The fourth-order valence-electron chi connectivity index (χ4n) is 3.10. The van der Waals surface area contributed by atoms with E-state index in [1.54, 1.807) is 6.92 Å². The maximum atomic E-state index is 12.3. The summed E-state index contributed by atoms with van der Waals surface area (Å²) in [7, 11) is 0. The predicted octanol–water partition coefficient (Wildman–Crippen LogP) is 4.37. The summed E-state index contributed by atoms with van der Waals surface area (Å²) in [6.07, 6.45) is 3.09. The average Bonchev–Trinajstić information content (AvgIpc) is 2.58. The molecule has 1 aliphatic rings. The molecular weight excluding hydrogens is 332 g/mol. The van der Waals surface area contributed by atoms with Gasteiger partial charge in [0.25, 0.3) is 0 Å². The van der Waals surface area contributed by atoms with Gasteiger partial charge in [-0.05, 0) is 56.6 Å². The number of carbonyl (C=O) groups excluding carboxylic acids is 1. The van der Waals surface area contributed by atoms with E-state index in [1.807, 2.05) is 36.1 Å². The molecule has 0 spiro atoms. The molecule has 25 heavy (non-hydrogen) atoms. The Labute approximate surface area is 156 Å². The number of unbranched alkanes of at least 4 members (excludes halogenated alkanes) is 1. The van der Waals surface area contributed by atoms with E-state index in [0.717, 1.165) is 48.4 Å². The van der Waals surface area contributed by atoms with Crippen molar-refractivity contribution in [1.82, 2.24) is 10.2 Å². The summed E-state index contributed by atoms with van der Waals surface area (Å²) in [5, 5.41) is 4.02. The molecule has 0 amide bonds. The number of nitrogens with one attached hydrogen (secondary N) is 1. The summed E-state index contributed by atoms with van der Waals surface area (Å²) in [6, 6.07) is 7.70. The van der Waals surface area contributed by atoms with Crippen LogP contribution in [0.2, 0.25) is 0 Å². The number of hydrogen-bond acceptors (Lipinski definition) is 3. The molecule has 0 saturated carbocycles. The molecule has 5 heteroatoms. The van der Waals surface area contributed by atoms with Crippen LogP contribution in [0.4, 0.5) is 0 Å². The van der Waals surface area contributed by atoms with Gasteiger partial charge in [0.15, 0.2) is 10.9 Å². The normalized spacial score (nSPS) is 17.5. The number of ketones is 1. The Balaban J connectivity index is 2.35. The third-order valence-electron chi connectivity index (χ3n) is 4.38. The van der Waals surface area contributed by atoms with Crippen molar-refractivity contribution in [2.24, 2.45) is 0 Å². The number of benzene rings is 1. The fourth-order valence-corrected chi connectivity index (χ4v) is 3.45. The molecule has 0 bridgehead atoms. The summed E-state index contributed by atoms with van der Waals surface area (Å²) in [6.45, 7) is 9.35. The lowest BCUT2D eigenvalue weighted by molar-refractivity contribution is -0.114. The smallest absolute Gasteiger partial charge is 0.173 e. The second-order valence-corrected chi connectivity index (χ2v) is 6.75. The van der Waals surface area contributed by atoms with Crippen LogP contribution in [0.1, 0.15) is 58.6 Å². The van der Waals surface area contributed by atoms with Crippen LogP contribution in [0.3, 0.4) is 0 Å². The van der Waals surface area contributed by atoms with Gasteiger partial charge in [0.2, 0.25) is 0 Å². The number of allylic oxidation sites excluding steroid dienone is 1. The van der Waals surface area contributed by atoms with E-state index in [2.05, 4.69) is 19.2 Å². The summed E-state index contributed by atoms with van der Waals surface area (Å²) in [4.78, 5) is 14.4. The van der Waals surface area contributed by atoms with Crippen LogP contribution >= 0.6 is 12.2 Å². The summed E-state index contributed by atoms with van der Waals surface area (Å²) in [5.41, 5.74) is 2.71. The molecule has 2 rings (SSSR count). The first-order chi connectivity index (χ1) is 12.0. The molecule has 0 saturated heterocycles. The SMILES string of the molecule is CCCCOc1cccc(C2NC(=S)N(CCC)C(C)=C2C(C)=O)c1. The second-order valence-electron chi connectivity index (χ2n) is 6.36. The fraction of sp³-hybridized carbons (Fsp3) is 0.500. The Kier molecular flexibility index (Phi) is 7.00. The molecule has 1 aromatic carbocycles. The monoisotopic (exact) mass is 360 g/mol. The van der Waals surface area contributed by atoms with E-state index in [0.29, 0.717) is 11.7 Å². The number of thiocarbonyl (C=S) groups is 1. The number of hydrogen-bond donors (Lipinski definition) is 1. The molecule has 0 fully saturated rings. The highest BCUT2D eigenvalue weighted by molar-refractivity contribution is 7.80. The standard InChI is InChI=1S/C20H28N2O2S/c1-5-7-12-24-17-10-8-9-16(13-17)19-18(15(4)23)14(3)22(11-6-2)20(25)21-19/h8-10,13,19H,5-7,11-12H2,1-4H3,(H,21,25). The van der Waals surface area contributed by atoms with E-state index in [9.17, 15) is 4.79 Å². The quantitative estimate of drug-likeness (QED) is 0.551. The van der Waals surface area contributed by atoms with Gasteiger partial charge in [-0.1, -0.05) is 32.4 Å². The molecule has 1 unspecified atom stereocenters. The topological polar surface area (TPSA) is 41.6 Å². The summed E-state index contributed by atoms with van der Waals surface area (Å²) in [5.74, 6) is 0.895. The maximum Gasteiger partial charge on any atom is 0.173 e. The van der Waals surface area contributed by atoms with Crippen molar-refractivity contribution in [2.45, 2.75) is 53.0 Å². The van der Waals surface area contributed by atoms with E-state index in [1.165, 1.54) is 0 Å². The van der Waals surface area contributed by atoms with Gasteiger partial charge >= 0.3 is 0 Å². The van der Waals surface area contributed by atoms with Gasteiger partial charge in [0, 0.05) is 17.8 Å². The van der Waals surface area contributed by atoms with Crippen LogP contribution in [-0.4, -0.2) is 28.9 Å². The summed E-state index contributed by atoms with van der Waals surface area (Å²) >= 11 is 5.54. The van der Waals surface area contributed by atoms with Crippen LogP contribution in [0.15, 0.2) is 35.5 Å². The largest absolute Gasteiger partial charge is 0.494 e. The van der Waals surface area contributed by atoms with Crippen LogP contribution in [0, 0.1) is 0 Å². The lowest BCUT2D eigenvalue weighted by Gasteiger charge is -2.37. The Morgan fingerprint density at radius 3 is 2.72 bits per heavy atom. The van der Waals surface area contributed by atoms with Crippen molar-refractivity contribution in [3.8, 4) is 5.75 Å². The minimum atomic E-state index is -0.229. The number of nitrogens with zero attached hydrogens (tertiary/aromatic N) is 1. The van der Waals surface area contributed by atoms with E-state index in [-0.39, 0.29) is 11.8 Å². The molecule has 0 aromatic heterocycles. The molecule has 136 valence electrons. The molecule has 0 aliphatic carbocycles. The Morgan fingerprint density at radius 1 is 1.32 bits per heavy atom. The lowest BCUT2D eigenvalue weighted by atomic mass is 9.92. The van der Waals surface area contributed by atoms with Crippen molar-refractivity contribution in [2.75, 3.05) is 13.2 Å². The van der Waals surface area contributed by atoms with Crippen LogP contribution in [0.25, 0.3) is 0 Å². The number of carbonyl (C=O) groups is 1. The zero-order chi connectivity index (χ0) is 18.4. The third-order valence-corrected chi connectivity index (χ3v) is 4.72. The first kappa shape index (κ1) is 19.4. The second kappa shape index (κ2) is 8.99. The average molecular weight is 361 g/mol. The zero-order valence-electron chi connectivity index (χ0n) is 15.6. The van der Waals surface area contributed by atoms with Gasteiger partial charge in [0.1, 0.15) is 5.75 Å². The molecule has 1 heterocycles. The van der Waals surface area contributed by atoms with Crippen molar-refractivity contribution < 1.29 is 9.53 Å². The Hall–Kier alpha value is -1.88. The van der Waals surface area contributed by atoms with Gasteiger partial charge < -0.3 is 15.0 Å². The first-order valence-corrected chi connectivity index (χ1v) is 9.42. The van der Waals surface area contributed by atoms with E-state index >= 15 is 0 Å². The Bertz CT molecular complexity index is 669. The van der Waals surface area contributed by atoms with Crippen molar-refractivity contribution in [1.29, 1.82) is 0 Å². The molecule has 1 N–H and O–H groups in total. The van der Waals surface area contributed by atoms with Gasteiger partial charge in [-0.25, -0.2) is 0 Å². The highest BCUT2D eigenvalue weighted by atomic mass is 32.1.